The molecule has 2 heterocycles. The van der Waals surface area contributed by atoms with E-state index in [0.717, 1.165) is 0 Å². The van der Waals surface area contributed by atoms with Gasteiger partial charge in [-0.2, -0.15) is 4.37 Å². The zero-order valence-electron chi connectivity index (χ0n) is 6.66. The molecule has 0 saturated heterocycles. The van der Waals surface area contributed by atoms with Gasteiger partial charge in [0.15, 0.2) is 0 Å². The highest BCUT2D eigenvalue weighted by Crippen LogP contribution is 2.18. The standard InChI is InChI=1S/C8H7N3OS/c12-8(7-2-4-13-11-7)6-1-3-9-5-10-6/h1-5,8,12H. The molecule has 0 aliphatic rings. The zero-order chi connectivity index (χ0) is 9.10. The second-order valence-corrected chi connectivity index (χ2v) is 3.13. The van der Waals surface area contributed by atoms with Crippen molar-refractivity contribution in [1.82, 2.24) is 14.3 Å². The van der Waals surface area contributed by atoms with Crippen LogP contribution in [0.5, 0.6) is 0 Å². The zero-order valence-corrected chi connectivity index (χ0v) is 7.48. The Bertz CT molecular complexity index is 362. The van der Waals surface area contributed by atoms with E-state index < -0.39 is 6.10 Å². The van der Waals surface area contributed by atoms with Crippen LogP contribution < -0.4 is 0 Å². The number of nitrogens with zero attached hydrogens (tertiary/aromatic N) is 3. The first-order valence-electron chi connectivity index (χ1n) is 3.72. The molecule has 0 fully saturated rings. The quantitative estimate of drug-likeness (QED) is 0.773. The highest BCUT2D eigenvalue weighted by Gasteiger charge is 2.12. The second kappa shape index (κ2) is 3.59. The van der Waals surface area contributed by atoms with Gasteiger partial charge in [0.25, 0.3) is 0 Å². The maximum Gasteiger partial charge on any atom is 0.139 e. The summed E-state index contributed by atoms with van der Waals surface area (Å²) < 4.78 is 4.02. The van der Waals surface area contributed by atoms with Crippen molar-refractivity contribution in [3.8, 4) is 0 Å². The van der Waals surface area contributed by atoms with Gasteiger partial charge in [-0.25, -0.2) is 9.97 Å². The molecule has 2 rings (SSSR count). The molecule has 0 aliphatic heterocycles. The fourth-order valence-corrected chi connectivity index (χ4v) is 1.52. The average molecular weight is 193 g/mol. The molecule has 0 amide bonds. The smallest absolute Gasteiger partial charge is 0.139 e. The second-order valence-electron chi connectivity index (χ2n) is 2.46. The first-order chi connectivity index (χ1) is 6.38. The molecular weight excluding hydrogens is 186 g/mol. The Morgan fingerprint density at radius 1 is 1.31 bits per heavy atom. The summed E-state index contributed by atoms with van der Waals surface area (Å²) in [7, 11) is 0. The molecule has 0 aliphatic carbocycles. The van der Waals surface area contributed by atoms with E-state index in [1.54, 1.807) is 18.3 Å². The predicted molar refractivity (Wildman–Crippen MR) is 48.2 cm³/mol. The molecule has 0 radical (unpaired) electrons. The van der Waals surface area contributed by atoms with Crippen LogP contribution in [0.25, 0.3) is 0 Å². The summed E-state index contributed by atoms with van der Waals surface area (Å²) in [5.74, 6) is 0. The minimum absolute atomic E-state index is 0.570. The van der Waals surface area contributed by atoms with Crippen LogP contribution in [0.15, 0.2) is 30.0 Å². The molecule has 0 spiro atoms. The van der Waals surface area contributed by atoms with Crippen LogP contribution in [0.4, 0.5) is 0 Å². The van der Waals surface area contributed by atoms with E-state index in [-0.39, 0.29) is 0 Å². The fraction of sp³-hybridized carbons (Fsp3) is 0.125. The van der Waals surface area contributed by atoms with E-state index in [1.807, 2.05) is 5.38 Å². The van der Waals surface area contributed by atoms with Crippen molar-refractivity contribution in [1.29, 1.82) is 0 Å². The lowest BCUT2D eigenvalue weighted by Gasteiger charge is -2.04. The summed E-state index contributed by atoms with van der Waals surface area (Å²) in [6.07, 6.45) is 2.26. The van der Waals surface area contributed by atoms with Gasteiger partial charge in [0.2, 0.25) is 0 Å². The Balaban J connectivity index is 2.29. The Morgan fingerprint density at radius 3 is 2.85 bits per heavy atom. The molecule has 13 heavy (non-hydrogen) atoms. The van der Waals surface area contributed by atoms with Gasteiger partial charge in [0, 0.05) is 11.6 Å². The number of rotatable bonds is 2. The van der Waals surface area contributed by atoms with Gasteiger partial charge in [0.1, 0.15) is 12.4 Å². The van der Waals surface area contributed by atoms with E-state index in [0.29, 0.717) is 11.4 Å². The number of aliphatic hydroxyl groups is 1. The summed E-state index contributed by atoms with van der Waals surface area (Å²) in [6.45, 7) is 0. The van der Waals surface area contributed by atoms with Crippen molar-refractivity contribution in [3.05, 3.63) is 41.4 Å². The molecule has 2 aromatic rings. The first kappa shape index (κ1) is 8.28. The summed E-state index contributed by atoms with van der Waals surface area (Å²) in [5.41, 5.74) is 1.20. The van der Waals surface area contributed by atoms with Crippen LogP contribution >= 0.6 is 11.5 Å². The lowest BCUT2D eigenvalue weighted by molar-refractivity contribution is 0.211. The average Bonchev–Trinajstić information content (AvgIpc) is 2.71. The number of aromatic nitrogens is 3. The normalized spacial score (nSPS) is 12.7. The molecule has 4 nitrogen and oxygen atoms in total. The fourth-order valence-electron chi connectivity index (χ4n) is 0.977. The van der Waals surface area contributed by atoms with E-state index in [4.69, 9.17) is 0 Å². The number of hydrogen-bond acceptors (Lipinski definition) is 5. The van der Waals surface area contributed by atoms with Gasteiger partial charge in [-0.05, 0) is 23.7 Å². The number of hydrogen-bond donors (Lipinski definition) is 1. The highest BCUT2D eigenvalue weighted by atomic mass is 32.1. The molecule has 1 unspecified atom stereocenters. The third kappa shape index (κ3) is 1.71. The maximum atomic E-state index is 9.73. The summed E-state index contributed by atoms with van der Waals surface area (Å²) >= 11 is 1.31. The molecule has 66 valence electrons. The van der Waals surface area contributed by atoms with E-state index in [9.17, 15) is 5.11 Å². The van der Waals surface area contributed by atoms with E-state index in [2.05, 4.69) is 14.3 Å². The van der Waals surface area contributed by atoms with Crippen LogP contribution in [0.1, 0.15) is 17.5 Å². The van der Waals surface area contributed by atoms with Crippen molar-refractivity contribution < 1.29 is 5.11 Å². The van der Waals surface area contributed by atoms with Crippen molar-refractivity contribution in [2.75, 3.05) is 0 Å². The first-order valence-corrected chi connectivity index (χ1v) is 4.56. The summed E-state index contributed by atoms with van der Waals surface area (Å²) in [6, 6.07) is 3.45. The van der Waals surface area contributed by atoms with Gasteiger partial charge in [-0.15, -0.1) is 0 Å². The van der Waals surface area contributed by atoms with Crippen molar-refractivity contribution >= 4 is 11.5 Å². The van der Waals surface area contributed by atoms with Gasteiger partial charge in [-0.1, -0.05) is 0 Å². The largest absolute Gasteiger partial charge is 0.380 e. The number of aliphatic hydroxyl groups excluding tert-OH is 1. The van der Waals surface area contributed by atoms with Crippen LogP contribution in [-0.2, 0) is 0 Å². The van der Waals surface area contributed by atoms with Crippen molar-refractivity contribution in [2.45, 2.75) is 6.10 Å². The van der Waals surface area contributed by atoms with Crippen LogP contribution in [0, 0.1) is 0 Å². The molecule has 2 aromatic heterocycles. The van der Waals surface area contributed by atoms with Gasteiger partial charge < -0.3 is 5.11 Å². The lowest BCUT2D eigenvalue weighted by atomic mass is 10.2. The lowest BCUT2D eigenvalue weighted by Crippen LogP contribution is -2.02. The molecule has 5 heteroatoms. The SMILES string of the molecule is OC(c1ccncn1)c1ccsn1. The van der Waals surface area contributed by atoms with E-state index >= 15 is 0 Å². The van der Waals surface area contributed by atoms with Gasteiger partial charge in [0.05, 0.1) is 11.4 Å². The van der Waals surface area contributed by atoms with Crippen molar-refractivity contribution in [2.24, 2.45) is 0 Å². The minimum Gasteiger partial charge on any atom is -0.380 e. The van der Waals surface area contributed by atoms with Gasteiger partial charge in [-0.3, -0.25) is 0 Å². The van der Waals surface area contributed by atoms with Crippen LogP contribution in [-0.4, -0.2) is 19.4 Å². The molecule has 1 atom stereocenters. The molecule has 1 N–H and O–H groups in total. The van der Waals surface area contributed by atoms with Crippen LogP contribution in [0.3, 0.4) is 0 Å². The Labute approximate surface area is 79.1 Å². The third-order valence-corrected chi connectivity index (χ3v) is 2.20. The van der Waals surface area contributed by atoms with Gasteiger partial charge >= 0.3 is 0 Å². The Morgan fingerprint density at radius 2 is 2.23 bits per heavy atom. The summed E-state index contributed by atoms with van der Waals surface area (Å²) in [5, 5.41) is 11.6. The topological polar surface area (TPSA) is 58.9 Å². The minimum atomic E-state index is -0.741. The molecule has 0 saturated carbocycles. The Hall–Kier alpha value is -1.33. The maximum absolute atomic E-state index is 9.73. The Kier molecular flexibility index (Phi) is 2.29. The molecule has 0 bridgehead atoms. The predicted octanol–water partition coefficient (Wildman–Crippen LogP) is 1.01. The van der Waals surface area contributed by atoms with Crippen LogP contribution in [0.2, 0.25) is 0 Å². The molecule has 0 aromatic carbocycles. The highest BCUT2D eigenvalue weighted by molar-refractivity contribution is 7.03. The summed E-state index contributed by atoms with van der Waals surface area (Å²) in [4.78, 5) is 7.71. The molecular formula is C8H7N3OS. The van der Waals surface area contributed by atoms with E-state index in [1.165, 1.54) is 17.9 Å². The van der Waals surface area contributed by atoms with Crippen molar-refractivity contribution in [3.63, 3.8) is 0 Å². The monoisotopic (exact) mass is 193 g/mol. The third-order valence-electron chi connectivity index (χ3n) is 1.62.